The van der Waals surface area contributed by atoms with Gasteiger partial charge in [0.1, 0.15) is 11.5 Å². The monoisotopic (exact) mass is 435 g/mol. The number of nitrogens with one attached hydrogen (secondary N) is 3. The molecule has 1 saturated heterocycles. The molecule has 0 radical (unpaired) electrons. The summed E-state index contributed by atoms with van der Waals surface area (Å²) in [6.45, 7) is 0. The zero-order valence-corrected chi connectivity index (χ0v) is 16.6. The molecule has 2 aromatic carbocycles. The van der Waals surface area contributed by atoms with Crippen LogP contribution in [0.25, 0.3) is 0 Å². The maximum atomic E-state index is 12.4. The van der Waals surface area contributed by atoms with Crippen LogP contribution in [0.2, 0.25) is 5.02 Å². The van der Waals surface area contributed by atoms with Gasteiger partial charge in [-0.3, -0.25) is 25.0 Å². The number of thioether (sulfide) groups is 1. The lowest BCUT2D eigenvalue weighted by Gasteiger charge is -2.35. The number of carbonyl (C=O) groups excluding carboxylic acids is 2. The topological polar surface area (TPSA) is 139 Å². The molecule has 3 atom stereocenters. The molecule has 2 aromatic rings. The van der Waals surface area contributed by atoms with Crippen LogP contribution in [0.1, 0.15) is 15.9 Å². The van der Waals surface area contributed by atoms with Gasteiger partial charge in [0.05, 0.1) is 11.1 Å². The Kier molecular flexibility index (Phi) is 6.70. The highest BCUT2D eigenvalue weighted by atomic mass is 35.5. The van der Waals surface area contributed by atoms with Crippen LogP contribution in [0.3, 0.4) is 0 Å². The number of nitro benzene ring substituents is 1. The fourth-order valence-corrected chi connectivity index (χ4v) is 3.79. The molecule has 11 heteroatoms. The van der Waals surface area contributed by atoms with E-state index in [-0.39, 0.29) is 5.69 Å². The fraction of sp³-hybridized carbons (Fsp3) is 0.222. The van der Waals surface area contributed by atoms with Crippen LogP contribution >= 0.6 is 23.4 Å². The Labute approximate surface area is 175 Å². The van der Waals surface area contributed by atoms with Gasteiger partial charge in [0.2, 0.25) is 5.91 Å². The first-order valence-corrected chi connectivity index (χ1v) is 9.99. The molecule has 29 heavy (non-hydrogen) atoms. The standard InChI is InChI=1S/C18H18ClN5O4S/c19-12-5-3-11(4-6-12)16(25)21-14-15(20)22-18(23-17(14)26)29-9-10-1-7-13(8-2-10)24(27)28/h1-8,14-15,18,22H,9,20H2,(H,21,25)(H,23,26). The third kappa shape index (κ3) is 5.45. The third-order valence-corrected chi connectivity index (χ3v) is 5.55. The Balaban J connectivity index is 1.54. The number of benzene rings is 2. The van der Waals surface area contributed by atoms with Gasteiger partial charge in [0.15, 0.2) is 0 Å². The number of amides is 2. The average Bonchev–Trinajstić information content (AvgIpc) is 2.70. The van der Waals surface area contributed by atoms with Gasteiger partial charge in [0, 0.05) is 28.5 Å². The van der Waals surface area contributed by atoms with Gasteiger partial charge >= 0.3 is 0 Å². The van der Waals surface area contributed by atoms with E-state index in [9.17, 15) is 19.7 Å². The Hall–Kier alpha value is -2.66. The molecule has 0 aromatic heterocycles. The van der Waals surface area contributed by atoms with Crippen LogP contribution in [0.15, 0.2) is 48.5 Å². The van der Waals surface area contributed by atoms with Crippen molar-refractivity contribution in [1.82, 2.24) is 16.0 Å². The zero-order chi connectivity index (χ0) is 21.0. The molecule has 1 fully saturated rings. The van der Waals surface area contributed by atoms with Crippen LogP contribution in [-0.4, -0.2) is 34.4 Å². The van der Waals surface area contributed by atoms with Crippen molar-refractivity contribution in [2.45, 2.75) is 23.5 Å². The van der Waals surface area contributed by atoms with Crippen molar-refractivity contribution in [3.05, 3.63) is 74.8 Å². The van der Waals surface area contributed by atoms with Gasteiger partial charge in [-0.15, -0.1) is 11.8 Å². The minimum Gasteiger partial charge on any atom is -0.338 e. The van der Waals surface area contributed by atoms with E-state index in [1.54, 1.807) is 36.4 Å². The summed E-state index contributed by atoms with van der Waals surface area (Å²) in [5, 5.41) is 19.6. The Bertz CT molecular complexity index is 909. The molecule has 3 rings (SSSR count). The zero-order valence-electron chi connectivity index (χ0n) is 15.0. The van der Waals surface area contributed by atoms with Crippen LogP contribution < -0.4 is 21.7 Å². The van der Waals surface area contributed by atoms with Gasteiger partial charge in [-0.2, -0.15) is 0 Å². The summed E-state index contributed by atoms with van der Waals surface area (Å²) in [4.78, 5) is 35.0. The van der Waals surface area contributed by atoms with E-state index < -0.39 is 34.4 Å². The number of rotatable bonds is 6. The van der Waals surface area contributed by atoms with E-state index in [4.69, 9.17) is 17.3 Å². The quantitative estimate of drug-likeness (QED) is 0.398. The van der Waals surface area contributed by atoms with E-state index in [0.717, 1.165) is 5.56 Å². The summed E-state index contributed by atoms with van der Waals surface area (Å²) < 4.78 is 0. The molecule has 5 N–H and O–H groups in total. The van der Waals surface area contributed by atoms with E-state index in [1.807, 2.05) is 0 Å². The summed E-state index contributed by atoms with van der Waals surface area (Å²) in [5.74, 6) is -0.333. The maximum Gasteiger partial charge on any atom is 0.269 e. The number of nitrogens with two attached hydrogens (primary N) is 1. The number of carbonyl (C=O) groups is 2. The van der Waals surface area contributed by atoms with Crippen molar-refractivity contribution in [1.29, 1.82) is 0 Å². The van der Waals surface area contributed by atoms with Crippen LogP contribution in [0, 0.1) is 10.1 Å². The molecule has 0 bridgehead atoms. The number of halogens is 1. The lowest BCUT2D eigenvalue weighted by atomic mass is 10.1. The SMILES string of the molecule is NC1NC(SCc2ccc([N+](=O)[O-])cc2)NC(=O)C1NC(=O)c1ccc(Cl)cc1. The van der Waals surface area contributed by atoms with Crippen LogP contribution in [0.4, 0.5) is 5.69 Å². The molecular formula is C18H18ClN5O4S. The van der Waals surface area contributed by atoms with Crippen molar-refractivity contribution >= 4 is 40.9 Å². The van der Waals surface area contributed by atoms with E-state index in [1.165, 1.54) is 23.9 Å². The highest BCUT2D eigenvalue weighted by Gasteiger charge is 2.35. The molecule has 0 spiro atoms. The average molecular weight is 436 g/mol. The maximum absolute atomic E-state index is 12.4. The number of hydrogen-bond donors (Lipinski definition) is 4. The first-order valence-electron chi connectivity index (χ1n) is 8.57. The highest BCUT2D eigenvalue weighted by molar-refractivity contribution is 7.99. The molecule has 1 aliphatic rings. The number of nitro groups is 1. The van der Waals surface area contributed by atoms with Gasteiger partial charge in [-0.1, -0.05) is 23.7 Å². The predicted molar refractivity (Wildman–Crippen MR) is 110 cm³/mol. The second kappa shape index (κ2) is 9.23. The number of non-ortho nitro benzene ring substituents is 1. The van der Waals surface area contributed by atoms with E-state index >= 15 is 0 Å². The molecule has 152 valence electrons. The Morgan fingerprint density at radius 3 is 2.45 bits per heavy atom. The fourth-order valence-electron chi connectivity index (χ4n) is 2.66. The Morgan fingerprint density at radius 2 is 1.86 bits per heavy atom. The molecular weight excluding hydrogens is 418 g/mol. The smallest absolute Gasteiger partial charge is 0.269 e. The second-order valence-electron chi connectivity index (χ2n) is 6.27. The predicted octanol–water partition coefficient (Wildman–Crippen LogP) is 1.57. The van der Waals surface area contributed by atoms with Crippen molar-refractivity contribution < 1.29 is 14.5 Å². The second-order valence-corrected chi connectivity index (χ2v) is 7.80. The van der Waals surface area contributed by atoms with Gasteiger partial charge < -0.3 is 16.4 Å². The number of nitrogens with zero attached hydrogens (tertiary/aromatic N) is 1. The molecule has 3 unspecified atom stereocenters. The molecule has 2 amide bonds. The summed E-state index contributed by atoms with van der Waals surface area (Å²) in [6.07, 6.45) is -0.783. The summed E-state index contributed by atoms with van der Waals surface area (Å²) >= 11 is 7.18. The first-order chi connectivity index (χ1) is 13.8. The lowest BCUT2D eigenvalue weighted by molar-refractivity contribution is -0.384. The van der Waals surface area contributed by atoms with Crippen molar-refractivity contribution in [3.8, 4) is 0 Å². The third-order valence-electron chi connectivity index (χ3n) is 4.22. The normalized spacial score (nSPS) is 21.3. The van der Waals surface area contributed by atoms with Crippen LogP contribution in [0.5, 0.6) is 0 Å². The largest absolute Gasteiger partial charge is 0.338 e. The van der Waals surface area contributed by atoms with E-state index in [0.29, 0.717) is 16.3 Å². The summed E-state index contributed by atoms with van der Waals surface area (Å²) in [6, 6.07) is 11.5. The Morgan fingerprint density at radius 1 is 1.21 bits per heavy atom. The first kappa shape index (κ1) is 21.1. The number of hydrogen-bond acceptors (Lipinski definition) is 7. The molecule has 1 aliphatic heterocycles. The van der Waals surface area contributed by atoms with Gasteiger partial charge in [0.25, 0.3) is 11.6 Å². The molecule has 1 heterocycles. The van der Waals surface area contributed by atoms with Crippen molar-refractivity contribution in [2.75, 3.05) is 0 Å². The summed E-state index contributed by atoms with van der Waals surface area (Å²) in [5.41, 5.74) is 6.82. The van der Waals surface area contributed by atoms with Gasteiger partial charge in [-0.25, -0.2) is 0 Å². The van der Waals surface area contributed by atoms with Crippen molar-refractivity contribution in [2.24, 2.45) is 5.73 Å². The minimum atomic E-state index is -0.936. The van der Waals surface area contributed by atoms with E-state index in [2.05, 4.69) is 16.0 Å². The summed E-state index contributed by atoms with van der Waals surface area (Å²) in [7, 11) is 0. The molecule has 0 saturated carbocycles. The molecule has 0 aliphatic carbocycles. The highest BCUT2D eigenvalue weighted by Crippen LogP contribution is 2.20. The molecule has 9 nitrogen and oxygen atoms in total. The lowest BCUT2D eigenvalue weighted by Crippen LogP contribution is -2.70. The van der Waals surface area contributed by atoms with Gasteiger partial charge in [-0.05, 0) is 29.8 Å². The van der Waals surface area contributed by atoms with Crippen LogP contribution in [-0.2, 0) is 10.5 Å². The minimum absolute atomic E-state index is 0.0177. The van der Waals surface area contributed by atoms with Crippen molar-refractivity contribution in [3.63, 3.8) is 0 Å².